The molecule has 0 spiro atoms. The summed E-state index contributed by atoms with van der Waals surface area (Å²) in [4.78, 5) is 12.4. The van der Waals surface area contributed by atoms with E-state index < -0.39 is 16.1 Å². The van der Waals surface area contributed by atoms with Crippen LogP contribution in [0, 0.1) is 6.92 Å². The Morgan fingerprint density at radius 2 is 1.75 bits per heavy atom. The Labute approximate surface area is 167 Å². The summed E-state index contributed by atoms with van der Waals surface area (Å²) in [7, 11) is -3.69. The number of hydrogen-bond acceptors (Lipinski definition) is 4. The Bertz CT molecular complexity index is 922. The number of carbonyl (C=O) groups excluding carboxylic acids is 1. The van der Waals surface area contributed by atoms with Crippen molar-refractivity contribution in [3.8, 4) is 5.75 Å². The Morgan fingerprint density at radius 3 is 2.32 bits per heavy atom. The summed E-state index contributed by atoms with van der Waals surface area (Å²) in [5.74, 6) is 0.899. The van der Waals surface area contributed by atoms with E-state index in [1.165, 1.54) is 12.1 Å². The Balaban J connectivity index is 1.88. The van der Waals surface area contributed by atoms with Gasteiger partial charge in [-0.25, -0.2) is 13.6 Å². The van der Waals surface area contributed by atoms with Crippen molar-refractivity contribution < 1.29 is 17.9 Å². The molecular weight excluding hydrogens is 376 g/mol. The van der Waals surface area contributed by atoms with Crippen LogP contribution in [0.2, 0.25) is 0 Å². The Kier molecular flexibility index (Phi) is 7.21. The smallest absolute Gasteiger partial charge is 0.260 e. The number of nitrogens with one attached hydrogen (secondary N) is 1. The van der Waals surface area contributed by atoms with E-state index in [1.54, 1.807) is 19.1 Å². The molecule has 3 N–H and O–H groups in total. The average molecular weight is 405 g/mol. The first kappa shape index (κ1) is 21.9. The van der Waals surface area contributed by atoms with Crippen LogP contribution < -0.4 is 15.2 Å². The highest BCUT2D eigenvalue weighted by Crippen LogP contribution is 2.25. The van der Waals surface area contributed by atoms with Gasteiger partial charge < -0.3 is 10.1 Å². The molecule has 1 unspecified atom stereocenters. The molecule has 1 atom stereocenters. The van der Waals surface area contributed by atoms with Crippen LogP contribution >= 0.6 is 0 Å². The molecule has 7 heteroatoms. The van der Waals surface area contributed by atoms with E-state index in [1.807, 2.05) is 19.1 Å². The first-order chi connectivity index (χ1) is 13.1. The van der Waals surface area contributed by atoms with E-state index in [0.717, 1.165) is 16.7 Å². The summed E-state index contributed by atoms with van der Waals surface area (Å²) in [5, 5.41) is 7.93. The van der Waals surface area contributed by atoms with E-state index in [2.05, 4.69) is 25.2 Å². The molecule has 0 fully saturated rings. The van der Waals surface area contributed by atoms with Crippen LogP contribution in [-0.2, 0) is 21.2 Å². The number of hydrogen-bond donors (Lipinski definition) is 2. The molecular formula is C21H28N2O4S. The van der Waals surface area contributed by atoms with Crippen LogP contribution in [0.5, 0.6) is 5.75 Å². The molecule has 0 saturated carbocycles. The van der Waals surface area contributed by atoms with Crippen LogP contribution in [0.3, 0.4) is 0 Å². The van der Waals surface area contributed by atoms with Crippen molar-refractivity contribution in [3.63, 3.8) is 0 Å². The highest BCUT2D eigenvalue weighted by molar-refractivity contribution is 7.89. The zero-order valence-corrected chi connectivity index (χ0v) is 17.5. The molecule has 0 radical (unpaired) electrons. The zero-order chi connectivity index (χ0) is 20.9. The highest BCUT2D eigenvalue weighted by atomic mass is 32.2. The van der Waals surface area contributed by atoms with Crippen molar-refractivity contribution in [1.29, 1.82) is 0 Å². The molecule has 2 rings (SSSR count). The van der Waals surface area contributed by atoms with Gasteiger partial charge in [-0.15, -0.1) is 0 Å². The number of sulfonamides is 1. The van der Waals surface area contributed by atoms with Gasteiger partial charge in [0.25, 0.3) is 5.91 Å². The lowest BCUT2D eigenvalue weighted by Crippen LogP contribution is -2.37. The molecule has 152 valence electrons. The highest BCUT2D eigenvalue weighted by Gasteiger charge is 2.16. The average Bonchev–Trinajstić information content (AvgIpc) is 2.62. The molecule has 28 heavy (non-hydrogen) atoms. The second-order valence-corrected chi connectivity index (χ2v) is 8.73. The summed E-state index contributed by atoms with van der Waals surface area (Å²) in [5.41, 5.74) is 3.05. The topological polar surface area (TPSA) is 98.5 Å². The largest absolute Gasteiger partial charge is 0.481 e. The minimum Gasteiger partial charge on any atom is -0.481 e. The van der Waals surface area contributed by atoms with Gasteiger partial charge in [-0.05, 0) is 61.1 Å². The van der Waals surface area contributed by atoms with Crippen molar-refractivity contribution in [3.05, 3.63) is 59.2 Å². The van der Waals surface area contributed by atoms with Crippen LogP contribution in [0.4, 0.5) is 0 Å². The van der Waals surface area contributed by atoms with Crippen LogP contribution in [0.15, 0.2) is 47.4 Å². The molecule has 1 amide bonds. The molecule has 2 aromatic rings. The quantitative estimate of drug-likeness (QED) is 0.707. The SMILES string of the molecule is Cc1ccc(C(C)C)cc1OC(C)C(=O)NCCc1ccc(S(N)(=O)=O)cc1. The van der Waals surface area contributed by atoms with Gasteiger partial charge in [0, 0.05) is 6.54 Å². The number of carbonyl (C=O) groups is 1. The molecule has 0 aromatic heterocycles. The van der Waals surface area contributed by atoms with Gasteiger partial charge >= 0.3 is 0 Å². The summed E-state index contributed by atoms with van der Waals surface area (Å²) in [6.07, 6.45) is -0.0449. The Morgan fingerprint density at radius 1 is 1.11 bits per heavy atom. The monoisotopic (exact) mass is 404 g/mol. The fourth-order valence-corrected chi connectivity index (χ4v) is 3.18. The summed E-state index contributed by atoms with van der Waals surface area (Å²) in [6, 6.07) is 12.3. The third-order valence-electron chi connectivity index (χ3n) is 4.52. The van der Waals surface area contributed by atoms with Crippen LogP contribution in [0.25, 0.3) is 0 Å². The molecule has 6 nitrogen and oxygen atoms in total. The molecule has 2 aromatic carbocycles. The zero-order valence-electron chi connectivity index (χ0n) is 16.7. The normalized spacial score (nSPS) is 12.6. The van der Waals surface area contributed by atoms with Gasteiger partial charge in [-0.1, -0.05) is 38.1 Å². The van der Waals surface area contributed by atoms with E-state index in [4.69, 9.17) is 9.88 Å². The lowest BCUT2D eigenvalue weighted by Gasteiger charge is -2.18. The maximum atomic E-state index is 12.3. The maximum absolute atomic E-state index is 12.3. The lowest BCUT2D eigenvalue weighted by atomic mass is 10.0. The van der Waals surface area contributed by atoms with Crippen molar-refractivity contribution in [2.45, 2.75) is 51.0 Å². The van der Waals surface area contributed by atoms with Gasteiger partial charge in [-0.3, -0.25) is 4.79 Å². The number of benzene rings is 2. The standard InChI is InChI=1S/C21H28N2O4S/c1-14(2)18-8-5-15(3)20(13-18)27-16(4)21(24)23-12-11-17-6-9-19(10-7-17)28(22,25)26/h5-10,13-14,16H,11-12H2,1-4H3,(H,23,24)(H2,22,25,26). The third kappa shape index (κ3) is 6.07. The van der Waals surface area contributed by atoms with Gasteiger partial charge in [0.05, 0.1) is 4.90 Å². The molecule has 0 aliphatic carbocycles. The van der Waals surface area contributed by atoms with Crippen molar-refractivity contribution >= 4 is 15.9 Å². The van der Waals surface area contributed by atoms with Gasteiger partial charge in [-0.2, -0.15) is 0 Å². The third-order valence-corrected chi connectivity index (χ3v) is 5.45. The van der Waals surface area contributed by atoms with Crippen molar-refractivity contribution in [1.82, 2.24) is 5.32 Å². The minimum atomic E-state index is -3.69. The van der Waals surface area contributed by atoms with Gasteiger partial charge in [0.2, 0.25) is 10.0 Å². The Hall–Kier alpha value is -2.38. The van der Waals surface area contributed by atoms with E-state index in [9.17, 15) is 13.2 Å². The number of nitrogens with two attached hydrogens (primary N) is 1. The van der Waals surface area contributed by atoms with Crippen LogP contribution in [0.1, 0.15) is 43.4 Å². The summed E-state index contributed by atoms with van der Waals surface area (Å²) >= 11 is 0. The van der Waals surface area contributed by atoms with Gasteiger partial charge in [0.1, 0.15) is 5.75 Å². The van der Waals surface area contributed by atoms with Gasteiger partial charge in [0.15, 0.2) is 6.10 Å². The number of aryl methyl sites for hydroxylation is 1. The fourth-order valence-electron chi connectivity index (χ4n) is 2.67. The number of ether oxygens (including phenoxy) is 1. The number of amides is 1. The van der Waals surface area contributed by atoms with Crippen molar-refractivity contribution in [2.75, 3.05) is 6.54 Å². The second kappa shape index (κ2) is 9.21. The molecule has 0 heterocycles. The minimum absolute atomic E-state index is 0.0707. The van der Waals surface area contributed by atoms with E-state index in [0.29, 0.717) is 24.6 Å². The summed E-state index contributed by atoms with van der Waals surface area (Å²) < 4.78 is 28.4. The molecule has 0 aliphatic rings. The summed E-state index contributed by atoms with van der Waals surface area (Å²) in [6.45, 7) is 8.32. The fraction of sp³-hybridized carbons (Fsp3) is 0.381. The van der Waals surface area contributed by atoms with Crippen LogP contribution in [-0.4, -0.2) is 27.0 Å². The molecule has 0 aliphatic heterocycles. The first-order valence-electron chi connectivity index (χ1n) is 9.24. The van der Waals surface area contributed by atoms with E-state index in [-0.39, 0.29) is 10.8 Å². The first-order valence-corrected chi connectivity index (χ1v) is 10.8. The van der Waals surface area contributed by atoms with E-state index >= 15 is 0 Å². The molecule has 0 bridgehead atoms. The maximum Gasteiger partial charge on any atom is 0.260 e. The molecule has 0 saturated heterocycles. The lowest BCUT2D eigenvalue weighted by molar-refractivity contribution is -0.127. The predicted molar refractivity (Wildman–Crippen MR) is 110 cm³/mol. The predicted octanol–water partition coefficient (Wildman–Crippen LogP) is 2.89. The number of rotatable bonds is 8. The number of primary sulfonamides is 1. The van der Waals surface area contributed by atoms with Crippen molar-refractivity contribution in [2.24, 2.45) is 5.14 Å². The second-order valence-electron chi connectivity index (χ2n) is 7.17.